The highest BCUT2D eigenvalue weighted by Crippen LogP contribution is 2.40. The average molecular weight is 391 g/mol. The van der Waals surface area contributed by atoms with Gasteiger partial charge < -0.3 is 4.74 Å². The first-order chi connectivity index (χ1) is 13.2. The van der Waals surface area contributed by atoms with Crippen molar-refractivity contribution in [1.29, 1.82) is 0 Å². The van der Waals surface area contributed by atoms with Gasteiger partial charge in [-0.25, -0.2) is 9.18 Å². The average Bonchev–Trinajstić information content (AvgIpc) is 2.70. The van der Waals surface area contributed by atoms with Crippen LogP contribution in [0.5, 0.6) is 0 Å². The highest BCUT2D eigenvalue weighted by atomic mass is 28.3. The zero-order valence-corrected chi connectivity index (χ0v) is 18.0. The first kappa shape index (κ1) is 20.6. The van der Waals surface area contributed by atoms with Gasteiger partial charge in [-0.2, -0.15) is 0 Å². The third-order valence-corrected chi connectivity index (χ3v) is 10.4. The van der Waals surface area contributed by atoms with E-state index >= 15 is 0 Å². The third kappa shape index (κ3) is 6.17. The van der Waals surface area contributed by atoms with Crippen molar-refractivity contribution in [3.8, 4) is 0 Å². The minimum Gasteiger partial charge on any atom is -0.459 e. The second-order valence-corrected chi connectivity index (χ2v) is 12.2. The number of carbonyl (C=O) groups is 1. The van der Waals surface area contributed by atoms with Crippen molar-refractivity contribution >= 4 is 14.8 Å². The van der Waals surface area contributed by atoms with Crippen LogP contribution in [-0.2, 0) is 4.74 Å². The van der Waals surface area contributed by atoms with Gasteiger partial charge in [0.25, 0.3) is 0 Å². The number of ether oxygens (including phenoxy) is 1. The van der Waals surface area contributed by atoms with Gasteiger partial charge in [-0.1, -0.05) is 57.2 Å². The van der Waals surface area contributed by atoms with Crippen LogP contribution in [0.3, 0.4) is 0 Å². The number of unbranched alkanes of at least 4 members (excludes halogenated alkanes) is 2. The minimum atomic E-state index is -0.417. The van der Waals surface area contributed by atoms with E-state index in [-0.39, 0.29) is 17.9 Å². The van der Waals surface area contributed by atoms with E-state index in [0.29, 0.717) is 5.56 Å². The van der Waals surface area contributed by atoms with Crippen LogP contribution < -0.4 is 0 Å². The second-order valence-electron chi connectivity index (χ2n) is 8.73. The summed E-state index contributed by atoms with van der Waals surface area (Å²) in [5.74, 6) is 1.14. The van der Waals surface area contributed by atoms with Crippen molar-refractivity contribution in [3.05, 3.63) is 35.6 Å². The molecule has 0 spiro atoms. The Kier molecular flexibility index (Phi) is 7.92. The molecule has 27 heavy (non-hydrogen) atoms. The van der Waals surface area contributed by atoms with Crippen LogP contribution >= 0.6 is 0 Å². The van der Waals surface area contributed by atoms with E-state index in [1.807, 2.05) is 0 Å². The summed E-state index contributed by atoms with van der Waals surface area (Å²) in [4.78, 5) is 12.2. The molecule has 0 aromatic heterocycles. The quantitative estimate of drug-likeness (QED) is 0.307. The summed E-state index contributed by atoms with van der Waals surface area (Å²) in [5.41, 5.74) is 0.449. The predicted molar refractivity (Wildman–Crippen MR) is 111 cm³/mol. The number of benzene rings is 1. The molecule has 2 fully saturated rings. The number of halogens is 1. The molecule has 0 N–H and O–H groups in total. The van der Waals surface area contributed by atoms with Crippen LogP contribution in [0, 0.1) is 17.7 Å². The fourth-order valence-electron chi connectivity index (χ4n) is 5.11. The van der Waals surface area contributed by atoms with Crippen LogP contribution in [0.1, 0.15) is 75.1 Å². The Morgan fingerprint density at radius 3 is 2.26 bits per heavy atom. The molecule has 0 unspecified atom stereocenters. The van der Waals surface area contributed by atoms with E-state index in [1.165, 1.54) is 69.2 Å². The molecule has 1 aliphatic heterocycles. The molecule has 150 valence electrons. The van der Waals surface area contributed by atoms with Crippen LogP contribution in [0.2, 0.25) is 18.1 Å². The van der Waals surface area contributed by atoms with Crippen LogP contribution in [0.25, 0.3) is 0 Å². The number of esters is 1. The predicted octanol–water partition coefficient (Wildman–Crippen LogP) is 6.37. The molecule has 1 aliphatic carbocycles. The highest BCUT2D eigenvalue weighted by Gasteiger charge is 2.32. The Balaban J connectivity index is 1.37. The molecule has 2 nitrogen and oxygen atoms in total. The Morgan fingerprint density at radius 1 is 1.00 bits per heavy atom. The van der Waals surface area contributed by atoms with Gasteiger partial charge in [0.1, 0.15) is 11.9 Å². The maximum atomic E-state index is 13.0. The Morgan fingerprint density at radius 2 is 1.63 bits per heavy atom. The summed E-state index contributed by atoms with van der Waals surface area (Å²) in [6, 6.07) is 10.3. The first-order valence-corrected chi connectivity index (χ1v) is 13.6. The van der Waals surface area contributed by atoms with Gasteiger partial charge >= 0.3 is 5.97 Å². The van der Waals surface area contributed by atoms with E-state index in [4.69, 9.17) is 4.74 Å². The van der Waals surface area contributed by atoms with Crippen LogP contribution in [0.15, 0.2) is 24.3 Å². The molecule has 4 heteroatoms. The van der Waals surface area contributed by atoms with Crippen molar-refractivity contribution in [3.63, 3.8) is 0 Å². The molecule has 3 rings (SSSR count). The molecule has 1 heterocycles. The van der Waals surface area contributed by atoms with Gasteiger partial charge in [-0.05, 0) is 61.8 Å². The highest BCUT2D eigenvalue weighted by molar-refractivity contribution is 6.58. The molecular weight excluding hydrogens is 355 g/mol. The summed E-state index contributed by atoms with van der Waals surface area (Å²) < 4.78 is 18.7. The lowest BCUT2D eigenvalue weighted by atomic mass is 9.76. The van der Waals surface area contributed by atoms with Crippen molar-refractivity contribution in [2.45, 2.75) is 88.9 Å². The zero-order chi connectivity index (χ0) is 19.1. The molecular formula is C23H35FO2Si. The van der Waals surface area contributed by atoms with Crippen molar-refractivity contribution in [1.82, 2.24) is 0 Å². The second kappa shape index (κ2) is 10.4. The lowest BCUT2D eigenvalue weighted by Gasteiger charge is -2.37. The summed E-state index contributed by atoms with van der Waals surface area (Å²) in [7, 11) is -0.417. The normalized spacial score (nSPS) is 28.7. The van der Waals surface area contributed by atoms with Gasteiger partial charge in [0.05, 0.1) is 5.56 Å². The van der Waals surface area contributed by atoms with Crippen LogP contribution in [0.4, 0.5) is 4.39 Å². The summed E-state index contributed by atoms with van der Waals surface area (Å²) in [5, 5.41) is 0. The smallest absolute Gasteiger partial charge is 0.338 e. The van der Waals surface area contributed by atoms with E-state index in [1.54, 1.807) is 18.1 Å². The van der Waals surface area contributed by atoms with Gasteiger partial charge in [-0.3, -0.25) is 0 Å². The Labute approximate surface area is 165 Å². The lowest BCUT2D eigenvalue weighted by molar-refractivity contribution is 0.0127. The molecule has 0 atom stereocenters. The fourth-order valence-corrected chi connectivity index (χ4v) is 8.65. The molecule has 1 saturated carbocycles. The van der Waals surface area contributed by atoms with E-state index < -0.39 is 8.80 Å². The molecule has 2 aliphatic rings. The largest absolute Gasteiger partial charge is 0.459 e. The van der Waals surface area contributed by atoms with Gasteiger partial charge in [0, 0.05) is 8.80 Å². The summed E-state index contributed by atoms with van der Waals surface area (Å²) in [6.45, 7) is 2.30. The third-order valence-electron chi connectivity index (χ3n) is 6.85. The minimum absolute atomic E-state index is 0.0403. The molecule has 0 amide bonds. The summed E-state index contributed by atoms with van der Waals surface area (Å²) >= 11 is 0. The molecule has 1 aromatic carbocycles. The fraction of sp³-hybridized carbons (Fsp3) is 0.696. The van der Waals surface area contributed by atoms with E-state index in [0.717, 1.165) is 24.7 Å². The number of rotatable bonds is 7. The van der Waals surface area contributed by atoms with E-state index in [2.05, 4.69) is 6.92 Å². The van der Waals surface area contributed by atoms with Gasteiger partial charge in [-0.15, -0.1) is 0 Å². The number of carbonyl (C=O) groups excluding carboxylic acids is 1. The molecule has 1 aromatic rings. The lowest BCUT2D eigenvalue weighted by Crippen LogP contribution is -2.31. The topological polar surface area (TPSA) is 26.3 Å². The monoisotopic (exact) mass is 390 g/mol. The Hall–Kier alpha value is -1.16. The van der Waals surface area contributed by atoms with Gasteiger partial charge in [0.15, 0.2) is 0 Å². The number of hydrogen-bond donors (Lipinski definition) is 0. The maximum Gasteiger partial charge on any atom is 0.338 e. The maximum absolute atomic E-state index is 13.0. The summed E-state index contributed by atoms with van der Waals surface area (Å²) in [6.07, 6.45) is 11.6. The van der Waals surface area contributed by atoms with Gasteiger partial charge in [0.2, 0.25) is 0 Å². The molecule has 1 saturated heterocycles. The SMILES string of the molecule is CCCCC[SiH]1CCC([C@H]2CC[C@H](OC(=O)c3ccc(F)cc3)CC2)CC1. The Bertz CT molecular complexity index is 573. The van der Waals surface area contributed by atoms with Crippen LogP contribution in [-0.4, -0.2) is 20.9 Å². The number of hydrogen-bond acceptors (Lipinski definition) is 2. The first-order valence-electron chi connectivity index (χ1n) is 11.1. The van der Waals surface area contributed by atoms with Crippen molar-refractivity contribution < 1.29 is 13.9 Å². The molecule has 0 radical (unpaired) electrons. The zero-order valence-electron chi connectivity index (χ0n) is 16.8. The van der Waals surface area contributed by atoms with Crippen molar-refractivity contribution in [2.24, 2.45) is 11.8 Å². The molecule has 0 bridgehead atoms. The standard InChI is InChI=1S/C23H35FO2Si/c1-2-3-4-15-27-16-13-19(14-17-27)18-7-11-22(12-8-18)26-23(25)20-5-9-21(24)10-6-20/h5-6,9-10,18-19,22,27H,2-4,7-8,11-17H2,1H3/t18-,19?,22-,27?. The van der Waals surface area contributed by atoms with Crippen molar-refractivity contribution in [2.75, 3.05) is 0 Å². The van der Waals surface area contributed by atoms with E-state index in [9.17, 15) is 9.18 Å².